The minimum absolute atomic E-state index is 0.0798. The highest BCUT2D eigenvalue weighted by atomic mass is 16.6. The molecule has 4 bridgehead atoms. The fourth-order valence-corrected chi connectivity index (χ4v) is 8.60. The van der Waals surface area contributed by atoms with E-state index in [1.165, 1.54) is 44.9 Å². The van der Waals surface area contributed by atoms with Gasteiger partial charge in [-0.1, -0.05) is 56.8 Å². The number of hydrogen-bond acceptors (Lipinski definition) is 7. The van der Waals surface area contributed by atoms with Gasteiger partial charge in [-0.15, -0.1) is 0 Å². The van der Waals surface area contributed by atoms with Crippen molar-refractivity contribution in [2.24, 2.45) is 28.6 Å². The topological polar surface area (TPSA) is 140 Å². The zero-order valence-corrected chi connectivity index (χ0v) is 24.7. The van der Waals surface area contributed by atoms with Gasteiger partial charge in [-0.3, -0.25) is 14.5 Å². The van der Waals surface area contributed by atoms with Crippen molar-refractivity contribution in [3.05, 3.63) is 40.3 Å². The zero-order valence-electron chi connectivity index (χ0n) is 24.7. The monoisotopic (exact) mass is 577 g/mol. The summed E-state index contributed by atoms with van der Waals surface area (Å²) in [6.45, 7) is 3.44. The lowest BCUT2D eigenvalue weighted by Crippen LogP contribution is -2.58. The van der Waals surface area contributed by atoms with E-state index >= 15 is 0 Å². The smallest absolute Gasteiger partial charge is 0.360 e. The molecule has 6 rings (SSSR count). The zero-order chi connectivity index (χ0) is 29.5. The van der Waals surface area contributed by atoms with Crippen LogP contribution in [0.5, 0.6) is 0 Å². The standard InChI is InChI=1S/C32H43N5O5/c1-18(2)29(30(33)38)42-35-28(32(40)41)27-31(39)37(26-12-4-3-11-25(26)34-27)24-16-21-9-6-10-22(17-24)36(21)23-14-19-7-5-8-20(13-19)15-23/h3-4,11-12,18-24,29H,5-10,13-17H2,1-2H3,(H2,33,38)(H,40,41)/b35-28-/t19?,20?,21-,22+,23?,24?,29?. The summed E-state index contributed by atoms with van der Waals surface area (Å²) in [5.74, 6) is -0.840. The van der Waals surface area contributed by atoms with Crippen LogP contribution in [0, 0.1) is 17.8 Å². The molecule has 2 aromatic rings. The van der Waals surface area contributed by atoms with Gasteiger partial charge in [-0.25, -0.2) is 9.78 Å². The van der Waals surface area contributed by atoms with Crippen LogP contribution in [-0.2, 0) is 14.4 Å². The van der Waals surface area contributed by atoms with Gasteiger partial charge in [0.2, 0.25) is 11.8 Å². The Hall–Kier alpha value is -3.27. The summed E-state index contributed by atoms with van der Waals surface area (Å²) >= 11 is 0. The summed E-state index contributed by atoms with van der Waals surface area (Å²) < 4.78 is 1.77. The molecule has 3 N–H and O–H groups in total. The molecule has 0 spiro atoms. The van der Waals surface area contributed by atoms with Gasteiger partial charge in [-0.2, -0.15) is 0 Å². The number of fused-ring (bicyclic) bond motifs is 5. The Morgan fingerprint density at radius 1 is 0.952 bits per heavy atom. The molecule has 4 unspecified atom stereocenters. The quantitative estimate of drug-likeness (QED) is 0.353. The molecular weight excluding hydrogens is 534 g/mol. The van der Waals surface area contributed by atoms with Crippen LogP contribution in [0.25, 0.3) is 11.0 Å². The van der Waals surface area contributed by atoms with E-state index in [4.69, 9.17) is 10.6 Å². The number of aliphatic carboxylic acids is 1. The third-order valence-electron chi connectivity index (χ3n) is 10.3. The van der Waals surface area contributed by atoms with Gasteiger partial charge < -0.3 is 20.2 Å². The summed E-state index contributed by atoms with van der Waals surface area (Å²) in [5, 5.41) is 13.9. The van der Waals surface area contributed by atoms with E-state index in [1.54, 1.807) is 24.5 Å². The molecule has 2 saturated heterocycles. The van der Waals surface area contributed by atoms with E-state index in [1.807, 2.05) is 18.2 Å². The van der Waals surface area contributed by atoms with E-state index in [-0.39, 0.29) is 17.7 Å². The lowest BCUT2D eigenvalue weighted by atomic mass is 9.68. The summed E-state index contributed by atoms with van der Waals surface area (Å²) in [6.07, 6.45) is 12.2. The molecule has 2 aliphatic carbocycles. The van der Waals surface area contributed by atoms with E-state index in [0.717, 1.165) is 37.5 Å². The molecule has 1 aromatic carbocycles. The Labute approximate surface area is 246 Å². The number of rotatable bonds is 8. The van der Waals surface area contributed by atoms with Crippen molar-refractivity contribution in [3.63, 3.8) is 0 Å². The number of nitrogens with zero attached hydrogens (tertiary/aromatic N) is 4. The third-order valence-corrected chi connectivity index (χ3v) is 10.3. The van der Waals surface area contributed by atoms with Crippen molar-refractivity contribution in [3.8, 4) is 0 Å². The van der Waals surface area contributed by atoms with E-state index < -0.39 is 29.3 Å². The van der Waals surface area contributed by atoms with Crippen LogP contribution in [0.15, 0.2) is 34.2 Å². The van der Waals surface area contributed by atoms with Crippen molar-refractivity contribution in [1.82, 2.24) is 14.5 Å². The molecule has 226 valence electrons. The first-order chi connectivity index (χ1) is 20.2. The average Bonchev–Trinajstić information content (AvgIpc) is 2.94. The Morgan fingerprint density at radius 3 is 2.21 bits per heavy atom. The highest BCUT2D eigenvalue weighted by Gasteiger charge is 2.45. The predicted octanol–water partition coefficient (Wildman–Crippen LogP) is 4.24. The Bertz CT molecular complexity index is 1410. The molecule has 4 fully saturated rings. The maximum absolute atomic E-state index is 14.2. The molecule has 2 saturated carbocycles. The maximum atomic E-state index is 14.2. The molecule has 10 nitrogen and oxygen atoms in total. The lowest BCUT2D eigenvalue weighted by molar-refractivity contribution is -0.134. The average molecular weight is 578 g/mol. The summed E-state index contributed by atoms with van der Waals surface area (Å²) in [7, 11) is 0. The third kappa shape index (κ3) is 5.45. The molecule has 0 radical (unpaired) electrons. The minimum Gasteiger partial charge on any atom is -0.476 e. The normalized spacial score (nSPS) is 30.7. The number of piperidine rings is 2. The van der Waals surface area contributed by atoms with Crippen LogP contribution in [0.1, 0.15) is 96.2 Å². The van der Waals surface area contributed by atoms with E-state index in [9.17, 15) is 19.5 Å². The number of para-hydroxylation sites is 2. The fourth-order valence-electron chi connectivity index (χ4n) is 8.60. The summed E-state index contributed by atoms with van der Waals surface area (Å²) in [5.41, 5.74) is 5.23. The number of nitrogens with two attached hydrogens (primary N) is 1. The molecule has 3 heterocycles. The van der Waals surface area contributed by atoms with Crippen molar-refractivity contribution in [2.45, 2.75) is 115 Å². The van der Waals surface area contributed by atoms with Crippen molar-refractivity contribution in [1.29, 1.82) is 0 Å². The number of carboxylic acid groups (broad SMARTS) is 1. The van der Waals surface area contributed by atoms with Gasteiger partial charge >= 0.3 is 5.97 Å². The molecular formula is C32H43N5O5. The number of amides is 1. The van der Waals surface area contributed by atoms with Crippen LogP contribution >= 0.6 is 0 Å². The van der Waals surface area contributed by atoms with Crippen LogP contribution in [0.2, 0.25) is 0 Å². The molecule has 10 heteroatoms. The van der Waals surface area contributed by atoms with Gasteiger partial charge in [0.15, 0.2) is 5.69 Å². The number of primary amides is 1. The number of aromatic nitrogens is 2. The second-order valence-electron chi connectivity index (χ2n) is 13.4. The van der Waals surface area contributed by atoms with Crippen LogP contribution in [-0.4, -0.2) is 61.4 Å². The molecule has 1 amide bonds. The number of benzene rings is 1. The predicted molar refractivity (Wildman–Crippen MR) is 159 cm³/mol. The van der Waals surface area contributed by atoms with Crippen LogP contribution in [0.3, 0.4) is 0 Å². The number of carbonyl (C=O) groups is 2. The molecule has 42 heavy (non-hydrogen) atoms. The molecule has 2 aliphatic heterocycles. The lowest BCUT2D eigenvalue weighted by Gasteiger charge is -2.55. The van der Waals surface area contributed by atoms with Gasteiger partial charge in [0, 0.05) is 30.1 Å². The minimum atomic E-state index is -1.46. The van der Waals surface area contributed by atoms with Gasteiger partial charge in [-0.05, 0) is 68.9 Å². The van der Waals surface area contributed by atoms with Gasteiger partial charge in [0.1, 0.15) is 0 Å². The van der Waals surface area contributed by atoms with E-state index in [2.05, 4.69) is 15.0 Å². The first kappa shape index (κ1) is 28.8. The Morgan fingerprint density at radius 2 is 1.60 bits per heavy atom. The first-order valence-electron chi connectivity index (χ1n) is 15.8. The number of oxime groups is 1. The Kier molecular flexibility index (Phi) is 8.09. The van der Waals surface area contributed by atoms with Crippen LogP contribution < -0.4 is 11.3 Å². The summed E-state index contributed by atoms with van der Waals surface area (Å²) in [4.78, 5) is 51.0. The summed E-state index contributed by atoms with van der Waals surface area (Å²) in [6, 6.07) is 8.74. The van der Waals surface area contributed by atoms with Crippen molar-refractivity contribution >= 4 is 28.6 Å². The number of carbonyl (C=O) groups excluding carboxylic acids is 1. The second kappa shape index (κ2) is 11.8. The Balaban J connectivity index is 1.36. The second-order valence-corrected chi connectivity index (χ2v) is 13.4. The van der Waals surface area contributed by atoms with Gasteiger partial charge in [0.05, 0.1) is 11.0 Å². The van der Waals surface area contributed by atoms with Crippen molar-refractivity contribution < 1.29 is 19.5 Å². The first-order valence-corrected chi connectivity index (χ1v) is 15.8. The number of carboxylic acids is 1. The van der Waals surface area contributed by atoms with Gasteiger partial charge in [0.25, 0.3) is 11.5 Å². The highest BCUT2D eigenvalue weighted by molar-refractivity contribution is 6.41. The number of hydrogen-bond donors (Lipinski definition) is 2. The van der Waals surface area contributed by atoms with Crippen LogP contribution in [0.4, 0.5) is 0 Å². The SMILES string of the molecule is CC(C)C(O/N=C(\C(=O)O)c1nc2ccccc2n(C2C[C@H]3CCC[C@@H](C2)N3C2CC3CCCC(C3)C2)c1=O)C(N)=O. The fraction of sp³-hybridized carbons (Fsp3) is 0.656. The highest BCUT2D eigenvalue weighted by Crippen LogP contribution is 2.47. The van der Waals surface area contributed by atoms with E-state index in [0.29, 0.717) is 29.2 Å². The maximum Gasteiger partial charge on any atom is 0.360 e. The largest absolute Gasteiger partial charge is 0.476 e. The molecule has 6 atom stereocenters. The molecule has 4 aliphatic rings. The van der Waals surface area contributed by atoms with Crippen molar-refractivity contribution in [2.75, 3.05) is 0 Å². The molecule has 1 aromatic heterocycles.